The molecule has 1 atom stereocenters. The number of hydrogen-bond acceptors (Lipinski definition) is 2. The van der Waals surface area contributed by atoms with Gasteiger partial charge < -0.3 is 9.69 Å². The lowest BCUT2D eigenvalue weighted by Gasteiger charge is -2.52. The average Bonchev–Trinajstić information content (AvgIpc) is 1.90. The SMILES string of the molecule is CN1C(CC=O)CC2CC1C2. The Balaban J connectivity index is 1.95. The molecule has 0 spiro atoms. The molecule has 2 bridgehead atoms. The number of aldehydes is 1. The van der Waals surface area contributed by atoms with E-state index in [9.17, 15) is 4.79 Å². The van der Waals surface area contributed by atoms with Crippen LogP contribution in [0.5, 0.6) is 0 Å². The third-order valence-electron chi connectivity index (χ3n) is 3.34. The molecule has 3 rings (SSSR count). The average molecular weight is 153 g/mol. The van der Waals surface area contributed by atoms with Crippen LogP contribution in [0.4, 0.5) is 0 Å². The summed E-state index contributed by atoms with van der Waals surface area (Å²) in [5.41, 5.74) is 0. The summed E-state index contributed by atoms with van der Waals surface area (Å²) >= 11 is 0. The molecule has 1 aliphatic carbocycles. The summed E-state index contributed by atoms with van der Waals surface area (Å²) in [6.07, 6.45) is 5.82. The van der Waals surface area contributed by atoms with Gasteiger partial charge in [-0.1, -0.05) is 0 Å². The van der Waals surface area contributed by atoms with Gasteiger partial charge in [-0.3, -0.25) is 0 Å². The van der Waals surface area contributed by atoms with E-state index in [2.05, 4.69) is 11.9 Å². The zero-order valence-corrected chi connectivity index (χ0v) is 6.99. The highest BCUT2D eigenvalue weighted by Gasteiger charge is 2.41. The van der Waals surface area contributed by atoms with Crippen LogP contribution in [0.1, 0.15) is 25.7 Å². The maximum atomic E-state index is 10.3. The zero-order valence-electron chi connectivity index (χ0n) is 6.99. The summed E-state index contributed by atoms with van der Waals surface area (Å²) in [5.74, 6) is 0.946. The van der Waals surface area contributed by atoms with Crippen LogP contribution in [0.3, 0.4) is 0 Å². The molecule has 3 fully saturated rings. The van der Waals surface area contributed by atoms with E-state index in [0.29, 0.717) is 6.04 Å². The molecule has 0 aromatic carbocycles. The fourth-order valence-electron chi connectivity index (χ4n) is 2.45. The Labute approximate surface area is 67.6 Å². The molecular formula is C9H15NO. The third-order valence-corrected chi connectivity index (χ3v) is 3.34. The van der Waals surface area contributed by atoms with Crippen molar-refractivity contribution in [1.29, 1.82) is 0 Å². The molecule has 0 radical (unpaired) electrons. The Kier molecular flexibility index (Phi) is 1.72. The minimum Gasteiger partial charge on any atom is -0.303 e. The van der Waals surface area contributed by atoms with Crippen LogP contribution in [0, 0.1) is 5.92 Å². The Morgan fingerprint density at radius 2 is 2.18 bits per heavy atom. The summed E-state index contributed by atoms with van der Waals surface area (Å²) in [7, 11) is 2.16. The number of hydrogen-bond donors (Lipinski definition) is 0. The summed E-state index contributed by atoms with van der Waals surface area (Å²) in [6, 6.07) is 1.36. The number of piperidine rings is 2. The van der Waals surface area contributed by atoms with E-state index in [-0.39, 0.29) is 0 Å². The second kappa shape index (κ2) is 2.59. The predicted molar refractivity (Wildman–Crippen MR) is 43.4 cm³/mol. The van der Waals surface area contributed by atoms with Crippen LogP contribution in [0.25, 0.3) is 0 Å². The van der Waals surface area contributed by atoms with E-state index in [4.69, 9.17) is 0 Å². The molecule has 2 heterocycles. The molecule has 3 aliphatic rings. The fourth-order valence-corrected chi connectivity index (χ4v) is 2.45. The van der Waals surface area contributed by atoms with Gasteiger partial charge in [-0.2, -0.15) is 0 Å². The smallest absolute Gasteiger partial charge is 0.121 e. The molecule has 0 aromatic heterocycles. The minimum absolute atomic E-state index is 0.560. The maximum Gasteiger partial charge on any atom is 0.121 e. The Morgan fingerprint density at radius 1 is 1.45 bits per heavy atom. The van der Waals surface area contributed by atoms with Crippen LogP contribution >= 0.6 is 0 Å². The second-order valence-electron chi connectivity index (χ2n) is 3.95. The van der Waals surface area contributed by atoms with E-state index < -0.39 is 0 Å². The van der Waals surface area contributed by atoms with Gasteiger partial charge in [0.05, 0.1) is 0 Å². The monoisotopic (exact) mass is 153 g/mol. The van der Waals surface area contributed by atoms with Crippen molar-refractivity contribution in [2.24, 2.45) is 5.92 Å². The van der Waals surface area contributed by atoms with E-state index in [0.717, 1.165) is 24.7 Å². The molecule has 0 N–H and O–H groups in total. The first-order chi connectivity index (χ1) is 5.31. The van der Waals surface area contributed by atoms with Crippen molar-refractivity contribution >= 4 is 6.29 Å². The molecule has 1 unspecified atom stereocenters. The lowest BCUT2D eigenvalue weighted by atomic mass is 9.70. The van der Waals surface area contributed by atoms with Crippen molar-refractivity contribution in [1.82, 2.24) is 4.90 Å². The third kappa shape index (κ3) is 1.09. The second-order valence-corrected chi connectivity index (χ2v) is 3.95. The van der Waals surface area contributed by atoms with Crippen molar-refractivity contribution in [2.75, 3.05) is 7.05 Å². The Morgan fingerprint density at radius 3 is 2.73 bits per heavy atom. The Bertz CT molecular complexity index is 163. The van der Waals surface area contributed by atoms with Crippen molar-refractivity contribution in [3.63, 3.8) is 0 Å². The van der Waals surface area contributed by atoms with Gasteiger partial charge in [-0.25, -0.2) is 0 Å². The summed E-state index contributed by atoms with van der Waals surface area (Å²) in [5, 5.41) is 0. The van der Waals surface area contributed by atoms with E-state index in [1.807, 2.05) is 0 Å². The molecule has 11 heavy (non-hydrogen) atoms. The zero-order chi connectivity index (χ0) is 7.84. The lowest BCUT2D eigenvalue weighted by Crippen LogP contribution is -2.54. The van der Waals surface area contributed by atoms with Gasteiger partial charge in [0.2, 0.25) is 0 Å². The van der Waals surface area contributed by atoms with Gasteiger partial charge >= 0.3 is 0 Å². The van der Waals surface area contributed by atoms with Crippen molar-refractivity contribution in [2.45, 2.75) is 37.8 Å². The molecule has 2 heteroatoms. The largest absolute Gasteiger partial charge is 0.303 e. The molecule has 0 aromatic rings. The van der Waals surface area contributed by atoms with Crippen molar-refractivity contribution in [3.05, 3.63) is 0 Å². The van der Waals surface area contributed by atoms with Gasteiger partial charge in [0, 0.05) is 18.5 Å². The minimum atomic E-state index is 0.560. The number of carbonyl (C=O) groups is 1. The van der Waals surface area contributed by atoms with Crippen molar-refractivity contribution in [3.8, 4) is 0 Å². The number of carbonyl (C=O) groups excluding carboxylic acids is 1. The van der Waals surface area contributed by atoms with E-state index >= 15 is 0 Å². The summed E-state index contributed by atoms with van der Waals surface area (Å²) in [4.78, 5) is 12.7. The molecule has 62 valence electrons. The first-order valence-corrected chi connectivity index (χ1v) is 4.47. The van der Waals surface area contributed by atoms with Gasteiger partial charge in [-0.15, -0.1) is 0 Å². The van der Waals surface area contributed by atoms with Crippen LogP contribution in [0.15, 0.2) is 0 Å². The molecule has 2 aliphatic heterocycles. The molecule has 2 saturated heterocycles. The first kappa shape index (κ1) is 7.29. The molecule has 2 nitrogen and oxygen atoms in total. The maximum absolute atomic E-state index is 10.3. The highest BCUT2D eigenvalue weighted by molar-refractivity contribution is 5.50. The fraction of sp³-hybridized carbons (Fsp3) is 0.889. The summed E-state index contributed by atoms with van der Waals surface area (Å²) in [6.45, 7) is 0. The van der Waals surface area contributed by atoms with Gasteiger partial charge in [0.25, 0.3) is 0 Å². The van der Waals surface area contributed by atoms with Crippen LogP contribution in [-0.4, -0.2) is 30.3 Å². The van der Waals surface area contributed by atoms with Crippen molar-refractivity contribution < 1.29 is 4.79 Å². The van der Waals surface area contributed by atoms with Gasteiger partial charge in [0.15, 0.2) is 0 Å². The molecule has 1 saturated carbocycles. The lowest BCUT2D eigenvalue weighted by molar-refractivity contribution is -0.110. The normalized spacial score (nSPS) is 43.2. The van der Waals surface area contributed by atoms with Crippen LogP contribution in [0.2, 0.25) is 0 Å². The molecular weight excluding hydrogens is 138 g/mol. The van der Waals surface area contributed by atoms with Crippen LogP contribution in [-0.2, 0) is 4.79 Å². The number of nitrogens with zero attached hydrogens (tertiary/aromatic N) is 1. The first-order valence-electron chi connectivity index (χ1n) is 4.47. The van der Waals surface area contributed by atoms with E-state index in [1.165, 1.54) is 19.3 Å². The standard InChI is InChI=1S/C9H15NO/c1-10-8(2-3-11)4-7-5-9(10)6-7/h3,7-9H,2,4-6H2,1H3. The summed E-state index contributed by atoms with van der Waals surface area (Å²) < 4.78 is 0. The Hall–Kier alpha value is -0.370. The highest BCUT2D eigenvalue weighted by Crippen LogP contribution is 2.42. The quantitative estimate of drug-likeness (QED) is 0.553. The van der Waals surface area contributed by atoms with Crippen LogP contribution < -0.4 is 0 Å². The van der Waals surface area contributed by atoms with Gasteiger partial charge in [-0.05, 0) is 32.2 Å². The number of fused-ring (bicyclic) bond motifs is 2. The molecule has 0 amide bonds. The highest BCUT2D eigenvalue weighted by atomic mass is 16.1. The number of rotatable bonds is 2. The topological polar surface area (TPSA) is 20.3 Å². The van der Waals surface area contributed by atoms with Gasteiger partial charge in [0.1, 0.15) is 6.29 Å². The van der Waals surface area contributed by atoms with E-state index in [1.54, 1.807) is 0 Å². The predicted octanol–water partition coefficient (Wildman–Crippen LogP) is 1.06.